The smallest absolute Gasteiger partial charge is 0.323 e. The standard InChI is InChI=1S/C12H17NO4/c1-4-8-6-10(17-9(8)5-2)12(16)13(3)7-11(14)15/h6H,4-5,7H2,1-3H3,(H,14,15). The fraction of sp³-hybridized carbons (Fsp3) is 0.500. The molecule has 5 nitrogen and oxygen atoms in total. The van der Waals surface area contributed by atoms with Crippen LogP contribution < -0.4 is 0 Å². The molecular formula is C12H17NO4. The quantitative estimate of drug-likeness (QED) is 0.846. The summed E-state index contributed by atoms with van der Waals surface area (Å²) in [6, 6.07) is 1.69. The minimum atomic E-state index is -1.04. The van der Waals surface area contributed by atoms with Crippen LogP contribution in [0.1, 0.15) is 35.7 Å². The number of furan rings is 1. The largest absolute Gasteiger partial charge is 0.480 e. The molecule has 0 aliphatic rings. The molecule has 0 radical (unpaired) electrons. The van der Waals surface area contributed by atoms with Gasteiger partial charge in [-0.1, -0.05) is 13.8 Å². The highest BCUT2D eigenvalue weighted by molar-refractivity contribution is 5.93. The molecule has 1 heterocycles. The number of carbonyl (C=O) groups is 2. The Hall–Kier alpha value is -1.78. The van der Waals surface area contributed by atoms with Gasteiger partial charge in [-0.25, -0.2) is 0 Å². The van der Waals surface area contributed by atoms with Gasteiger partial charge in [-0.2, -0.15) is 0 Å². The van der Waals surface area contributed by atoms with Gasteiger partial charge in [0.15, 0.2) is 5.76 Å². The van der Waals surface area contributed by atoms with E-state index in [1.165, 1.54) is 7.05 Å². The van der Waals surface area contributed by atoms with E-state index in [1.807, 2.05) is 13.8 Å². The van der Waals surface area contributed by atoms with Crippen LogP contribution in [0.3, 0.4) is 0 Å². The zero-order chi connectivity index (χ0) is 13.0. The number of carboxylic acids is 1. The van der Waals surface area contributed by atoms with E-state index in [1.54, 1.807) is 6.07 Å². The molecule has 1 N–H and O–H groups in total. The lowest BCUT2D eigenvalue weighted by Crippen LogP contribution is -2.31. The maximum absolute atomic E-state index is 11.8. The summed E-state index contributed by atoms with van der Waals surface area (Å²) in [6.45, 7) is 3.61. The molecule has 0 aromatic carbocycles. The molecule has 94 valence electrons. The molecule has 0 aliphatic heterocycles. The van der Waals surface area contributed by atoms with Crippen molar-refractivity contribution in [2.24, 2.45) is 0 Å². The maximum atomic E-state index is 11.8. The second-order valence-electron chi connectivity index (χ2n) is 3.82. The van der Waals surface area contributed by atoms with Gasteiger partial charge in [0.1, 0.15) is 12.3 Å². The molecule has 0 fully saturated rings. The van der Waals surface area contributed by atoms with Crippen molar-refractivity contribution in [3.8, 4) is 0 Å². The summed E-state index contributed by atoms with van der Waals surface area (Å²) in [5.74, 6) is -0.442. The number of aliphatic carboxylic acids is 1. The zero-order valence-electron chi connectivity index (χ0n) is 10.3. The number of hydrogen-bond donors (Lipinski definition) is 1. The lowest BCUT2D eigenvalue weighted by molar-refractivity contribution is -0.137. The van der Waals surface area contributed by atoms with Crippen LogP contribution in [0.5, 0.6) is 0 Å². The highest BCUT2D eigenvalue weighted by atomic mass is 16.4. The van der Waals surface area contributed by atoms with E-state index in [9.17, 15) is 9.59 Å². The van der Waals surface area contributed by atoms with Gasteiger partial charge >= 0.3 is 5.97 Å². The highest BCUT2D eigenvalue weighted by Crippen LogP contribution is 2.18. The average molecular weight is 239 g/mol. The van der Waals surface area contributed by atoms with Gasteiger partial charge in [0, 0.05) is 13.5 Å². The molecule has 0 aliphatic carbocycles. The Morgan fingerprint density at radius 3 is 2.41 bits per heavy atom. The Morgan fingerprint density at radius 2 is 2.00 bits per heavy atom. The van der Waals surface area contributed by atoms with Crippen LogP contribution in [0.2, 0.25) is 0 Å². The molecule has 17 heavy (non-hydrogen) atoms. The fourth-order valence-electron chi connectivity index (χ4n) is 1.63. The number of carboxylic acid groups (broad SMARTS) is 1. The van der Waals surface area contributed by atoms with Gasteiger partial charge in [0.05, 0.1) is 0 Å². The second-order valence-corrected chi connectivity index (χ2v) is 3.82. The minimum Gasteiger partial charge on any atom is -0.480 e. The zero-order valence-corrected chi connectivity index (χ0v) is 10.3. The van der Waals surface area contributed by atoms with Crippen LogP contribution in [0.25, 0.3) is 0 Å². The van der Waals surface area contributed by atoms with Crippen molar-refractivity contribution in [1.29, 1.82) is 0 Å². The predicted octanol–water partition coefficient (Wildman–Crippen LogP) is 1.56. The van der Waals surface area contributed by atoms with E-state index in [-0.39, 0.29) is 12.3 Å². The van der Waals surface area contributed by atoms with Crippen molar-refractivity contribution in [2.45, 2.75) is 26.7 Å². The molecular weight excluding hydrogens is 222 g/mol. The lowest BCUT2D eigenvalue weighted by atomic mass is 10.1. The summed E-state index contributed by atoms with van der Waals surface area (Å²) in [6.07, 6.45) is 1.52. The van der Waals surface area contributed by atoms with E-state index in [0.29, 0.717) is 0 Å². The van der Waals surface area contributed by atoms with Crippen molar-refractivity contribution in [3.63, 3.8) is 0 Å². The van der Waals surface area contributed by atoms with Gasteiger partial charge in [-0.15, -0.1) is 0 Å². The molecule has 0 spiro atoms. The van der Waals surface area contributed by atoms with Crippen molar-refractivity contribution in [2.75, 3.05) is 13.6 Å². The molecule has 0 saturated carbocycles. The number of likely N-dealkylation sites (N-methyl/N-ethyl adjacent to an activating group) is 1. The number of amides is 1. The van der Waals surface area contributed by atoms with Crippen molar-refractivity contribution in [3.05, 3.63) is 23.2 Å². The fourth-order valence-corrected chi connectivity index (χ4v) is 1.63. The van der Waals surface area contributed by atoms with Crippen LogP contribution in [0, 0.1) is 0 Å². The topological polar surface area (TPSA) is 70.8 Å². The Kier molecular flexibility index (Phi) is 4.31. The van der Waals surface area contributed by atoms with Gasteiger partial charge in [-0.3, -0.25) is 9.59 Å². The van der Waals surface area contributed by atoms with E-state index in [2.05, 4.69) is 0 Å². The van der Waals surface area contributed by atoms with Gasteiger partial charge in [-0.05, 0) is 18.1 Å². The van der Waals surface area contributed by atoms with Crippen molar-refractivity contribution >= 4 is 11.9 Å². The SMILES string of the molecule is CCc1cc(C(=O)N(C)CC(=O)O)oc1CC. The van der Waals surface area contributed by atoms with Gasteiger partial charge < -0.3 is 14.4 Å². The normalized spacial score (nSPS) is 10.3. The first-order chi connectivity index (χ1) is 7.99. The molecule has 1 aromatic rings. The van der Waals surface area contributed by atoms with Crippen LogP contribution in [0.15, 0.2) is 10.5 Å². The van der Waals surface area contributed by atoms with Gasteiger partial charge in [0.25, 0.3) is 5.91 Å². The predicted molar refractivity (Wildman–Crippen MR) is 62.1 cm³/mol. The molecule has 1 amide bonds. The third-order valence-corrected chi connectivity index (χ3v) is 2.53. The van der Waals surface area contributed by atoms with Crippen LogP contribution in [-0.2, 0) is 17.6 Å². The minimum absolute atomic E-state index is 0.211. The molecule has 0 atom stereocenters. The Morgan fingerprint density at radius 1 is 1.35 bits per heavy atom. The molecule has 0 bridgehead atoms. The molecule has 0 saturated heterocycles. The third kappa shape index (κ3) is 3.09. The monoisotopic (exact) mass is 239 g/mol. The molecule has 0 unspecified atom stereocenters. The summed E-state index contributed by atoms with van der Waals surface area (Å²) in [7, 11) is 1.44. The van der Waals surface area contributed by atoms with Crippen molar-refractivity contribution in [1.82, 2.24) is 4.90 Å². The van der Waals surface area contributed by atoms with E-state index in [0.717, 1.165) is 29.1 Å². The maximum Gasteiger partial charge on any atom is 0.323 e. The van der Waals surface area contributed by atoms with Crippen molar-refractivity contribution < 1.29 is 19.1 Å². The molecule has 5 heteroatoms. The summed E-state index contributed by atoms with van der Waals surface area (Å²) < 4.78 is 5.44. The van der Waals surface area contributed by atoms with Crippen LogP contribution in [0.4, 0.5) is 0 Å². The summed E-state index contributed by atoms with van der Waals surface area (Å²) in [4.78, 5) is 23.5. The lowest BCUT2D eigenvalue weighted by Gasteiger charge is -2.12. The van der Waals surface area contributed by atoms with Crippen LogP contribution in [-0.4, -0.2) is 35.5 Å². The number of nitrogens with zero attached hydrogens (tertiary/aromatic N) is 1. The first-order valence-corrected chi connectivity index (χ1v) is 5.58. The molecule has 1 rings (SSSR count). The number of rotatable bonds is 5. The first kappa shape index (κ1) is 13.3. The van der Waals surface area contributed by atoms with E-state index in [4.69, 9.17) is 9.52 Å². The van der Waals surface area contributed by atoms with Crippen LogP contribution >= 0.6 is 0 Å². The van der Waals surface area contributed by atoms with E-state index >= 15 is 0 Å². The van der Waals surface area contributed by atoms with E-state index < -0.39 is 11.9 Å². The Labute approximate surface area is 100 Å². The summed E-state index contributed by atoms with van der Waals surface area (Å²) in [5, 5.41) is 8.61. The highest BCUT2D eigenvalue weighted by Gasteiger charge is 2.19. The Bertz CT molecular complexity index is 401. The average Bonchev–Trinajstić information content (AvgIpc) is 2.69. The molecule has 1 aromatic heterocycles. The first-order valence-electron chi connectivity index (χ1n) is 5.58. The van der Waals surface area contributed by atoms with Gasteiger partial charge in [0.2, 0.25) is 0 Å². The number of hydrogen-bond acceptors (Lipinski definition) is 3. The summed E-state index contributed by atoms with van der Waals surface area (Å²) in [5.41, 5.74) is 1.000. The number of aryl methyl sites for hydroxylation is 2. The second kappa shape index (κ2) is 5.52. The number of carbonyl (C=O) groups excluding carboxylic acids is 1. The summed E-state index contributed by atoms with van der Waals surface area (Å²) >= 11 is 0. The third-order valence-electron chi connectivity index (χ3n) is 2.53. The Balaban J connectivity index is 2.88.